The Labute approximate surface area is 112 Å². The first kappa shape index (κ1) is 11.6. The fraction of sp³-hybridized carbons (Fsp3) is 0.0769. The molecule has 0 unspecified atom stereocenters. The highest BCUT2D eigenvalue weighted by Gasteiger charge is 2.11. The standard InChI is InChI=1S/C13H8ClFN2S/c1-7-4-5-18-11(7)13-16-10-6-8(15)2-3-9(10)12(14)17-13/h2-6H,1H3. The first-order valence-corrected chi connectivity index (χ1v) is 6.58. The first-order chi connectivity index (χ1) is 8.65. The molecule has 0 saturated heterocycles. The molecular weight excluding hydrogens is 271 g/mol. The second-order valence-electron chi connectivity index (χ2n) is 3.93. The van der Waals surface area contributed by atoms with E-state index in [0.717, 1.165) is 10.4 Å². The van der Waals surface area contributed by atoms with Gasteiger partial charge in [-0.05, 0) is 36.1 Å². The summed E-state index contributed by atoms with van der Waals surface area (Å²) >= 11 is 7.66. The van der Waals surface area contributed by atoms with Crippen LogP contribution in [0.15, 0.2) is 29.6 Å². The lowest BCUT2D eigenvalue weighted by atomic mass is 10.2. The van der Waals surface area contributed by atoms with E-state index in [1.807, 2.05) is 18.4 Å². The fourth-order valence-electron chi connectivity index (χ4n) is 1.77. The molecule has 0 N–H and O–H groups in total. The van der Waals surface area contributed by atoms with Gasteiger partial charge in [0.05, 0.1) is 10.4 Å². The second kappa shape index (κ2) is 4.30. The van der Waals surface area contributed by atoms with Crippen LogP contribution in [-0.4, -0.2) is 9.97 Å². The van der Waals surface area contributed by atoms with Gasteiger partial charge < -0.3 is 0 Å². The molecule has 0 saturated carbocycles. The number of aromatic nitrogens is 2. The van der Waals surface area contributed by atoms with Crippen molar-refractivity contribution in [3.8, 4) is 10.7 Å². The fourth-order valence-corrected chi connectivity index (χ4v) is 2.87. The van der Waals surface area contributed by atoms with Crippen molar-refractivity contribution < 1.29 is 4.39 Å². The van der Waals surface area contributed by atoms with E-state index in [-0.39, 0.29) is 5.82 Å². The van der Waals surface area contributed by atoms with Gasteiger partial charge in [0, 0.05) is 11.5 Å². The van der Waals surface area contributed by atoms with E-state index in [9.17, 15) is 4.39 Å². The van der Waals surface area contributed by atoms with Gasteiger partial charge in [0.2, 0.25) is 0 Å². The van der Waals surface area contributed by atoms with E-state index in [4.69, 9.17) is 11.6 Å². The third-order valence-corrected chi connectivity index (χ3v) is 3.98. The molecule has 2 heterocycles. The van der Waals surface area contributed by atoms with Gasteiger partial charge in [-0.25, -0.2) is 14.4 Å². The lowest BCUT2D eigenvalue weighted by molar-refractivity contribution is 0.629. The maximum atomic E-state index is 13.2. The Balaban J connectivity index is 2.30. The Bertz CT molecular complexity index is 739. The largest absolute Gasteiger partial charge is 0.227 e. The van der Waals surface area contributed by atoms with Crippen LogP contribution >= 0.6 is 22.9 Å². The molecule has 3 rings (SSSR count). The van der Waals surface area contributed by atoms with E-state index < -0.39 is 0 Å². The molecule has 0 aliphatic rings. The molecule has 90 valence electrons. The van der Waals surface area contributed by atoms with Crippen molar-refractivity contribution in [3.05, 3.63) is 46.2 Å². The average Bonchev–Trinajstić information content (AvgIpc) is 2.74. The second-order valence-corrected chi connectivity index (χ2v) is 5.21. The number of fused-ring (bicyclic) bond motifs is 1. The molecule has 1 aromatic carbocycles. The Kier molecular flexibility index (Phi) is 2.76. The lowest BCUT2D eigenvalue weighted by Gasteiger charge is -2.04. The normalized spacial score (nSPS) is 11.1. The SMILES string of the molecule is Cc1ccsc1-c1nc(Cl)c2ccc(F)cc2n1. The molecule has 0 spiro atoms. The Morgan fingerprint density at radius 3 is 2.78 bits per heavy atom. The predicted molar refractivity (Wildman–Crippen MR) is 72.6 cm³/mol. The summed E-state index contributed by atoms with van der Waals surface area (Å²) in [5, 5.41) is 2.98. The maximum absolute atomic E-state index is 13.2. The number of hydrogen-bond donors (Lipinski definition) is 0. The summed E-state index contributed by atoms with van der Waals surface area (Å²) in [7, 11) is 0. The Morgan fingerprint density at radius 2 is 2.06 bits per heavy atom. The van der Waals surface area contributed by atoms with E-state index >= 15 is 0 Å². The summed E-state index contributed by atoms with van der Waals surface area (Å²) in [5.74, 6) is 0.219. The molecule has 5 heteroatoms. The van der Waals surface area contributed by atoms with Gasteiger partial charge >= 0.3 is 0 Å². The summed E-state index contributed by atoms with van der Waals surface area (Å²) < 4.78 is 13.2. The van der Waals surface area contributed by atoms with Crippen LogP contribution in [0, 0.1) is 12.7 Å². The Morgan fingerprint density at radius 1 is 1.22 bits per heavy atom. The summed E-state index contributed by atoms with van der Waals surface area (Å²) in [6.07, 6.45) is 0. The number of benzene rings is 1. The lowest BCUT2D eigenvalue weighted by Crippen LogP contribution is -1.92. The van der Waals surface area contributed by atoms with Crippen molar-refractivity contribution in [2.75, 3.05) is 0 Å². The highest BCUT2D eigenvalue weighted by Crippen LogP contribution is 2.30. The molecule has 18 heavy (non-hydrogen) atoms. The molecule has 0 atom stereocenters. The van der Waals surface area contributed by atoms with Crippen LogP contribution < -0.4 is 0 Å². The topological polar surface area (TPSA) is 25.8 Å². The molecule has 0 amide bonds. The van der Waals surface area contributed by atoms with Gasteiger partial charge in [0.25, 0.3) is 0 Å². The van der Waals surface area contributed by atoms with Gasteiger partial charge in [-0.15, -0.1) is 11.3 Å². The minimum Gasteiger partial charge on any atom is -0.227 e. The zero-order valence-electron chi connectivity index (χ0n) is 9.45. The zero-order chi connectivity index (χ0) is 12.7. The van der Waals surface area contributed by atoms with Crippen LogP contribution in [0.3, 0.4) is 0 Å². The third-order valence-electron chi connectivity index (χ3n) is 2.68. The van der Waals surface area contributed by atoms with Crippen LogP contribution in [-0.2, 0) is 0 Å². The highest BCUT2D eigenvalue weighted by atomic mass is 35.5. The minimum absolute atomic E-state index is 0.328. The summed E-state index contributed by atoms with van der Waals surface area (Å²) in [5.41, 5.74) is 1.62. The summed E-state index contributed by atoms with van der Waals surface area (Å²) in [6, 6.07) is 6.31. The van der Waals surface area contributed by atoms with Crippen molar-refractivity contribution in [2.45, 2.75) is 6.92 Å². The molecule has 0 aliphatic carbocycles. The van der Waals surface area contributed by atoms with Crippen molar-refractivity contribution in [3.63, 3.8) is 0 Å². The van der Waals surface area contributed by atoms with Crippen LogP contribution in [0.4, 0.5) is 4.39 Å². The van der Waals surface area contributed by atoms with Gasteiger partial charge in [-0.1, -0.05) is 11.6 Å². The number of rotatable bonds is 1. The molecule has 0 aliphatic heterocycles. The van der Waals surface area contributed by atoms with E-state index in [1.165, 1.54) is 12.1 Å². The van der Waals surface area contributed by atoms with Crippen LogP contribution in [0.2, 0.25) is 5.15 Å². The van der Waals surface area contributed by atoms with Crippen LogP contribution in [0.1, 0.15) is 5.56 Å². The summed E-state index contributed by atoms with van der Waals surface area (Å²) in [6.45, 7) is 1.98. The molecule has 2 aromatic heterocycles. The van der Waals surface area contributed by atoms with Crippen molar-refractivity contribution >= 4 is 33.8 Å². The molecule has 3 aromatic rings. The van der Waals surface area contributed by atoms with Crippen molar-refractivity contribution in [1.82, 2.24) is 9.97 Å². The number of thiophene rings is 1. The predicted octanol–water partition coefficient (Wildman–Crippen LogP) is 4.46. The minimum atomic E-state index is -0.328. The average molecular weight is 279 g/mol. The van der Waals surface area contributed by atoms with Crippen LogP contribution in [0.25, 0.3) is 21.6 Å². The van der Waals surface area contributed by atoms with Gasteiger partial charge in [0.1, 0.15) is 11.0 Å². The monoisotopic (exact) mass is 278 g/mol. The molecular formula is C13H8ClFN2S. The van der Waals surface area contributed by atoms with E-state index in [1.54, 1.807) is 17.4 Å². The molecule has 0 radical (unpaired) electrons. The first-order valence-electron chi connectivity index (χ1n) is 5.32. The van der Waals surface area contributed by atoms with Crippen molar-refractivity contribution in [2.24, 2.45) is 0 Å². The number of hydrogen-bond acceptors (Lipinski definition) is 3. The molecule has 2 nitrogen and oxygen atoms in total. The van der Waals surface area contributed by atoms with Gasteiger partial charge in [0.15, 0.2) is 5.82 Å². The number of halogens is 2. The number of aryl methyl sites for hydroxylation is 1. The Hall–Kier alpha value is -1.52. The zero-order valence-corrected chi connectivity index (χ0v) is 11.0. The quantitative estimate of drug-likeness (QED) is 0.614. The summed E-state index contributed by atoms with van der Waals surface area (Å²) in [4.78, 5) is 9.61. The smallest absolute Gasteiger partial charge is 0.171 e. The van der Waals surface area contributed by atoms with Gasteiger partial charge in [-0.2, -0.15) is 0 Å². The van der Waals surface area contributed by atoms with Crippen molar-refractivity contribution in [1.29, 1.82) is 0 Å². The van der Waals surface area contributed by atoms with E-state index in [0.29, 0.717) is 21.9 Å². The number of nitrogens with zero attached hydrogens (tertiary/aromatic N) is 2. The highest BCUT2D eigenvalue weighted by molar-refractivity contribution is 7.13. The van der Waals surface area contributed by atoms with Crippen LogP contribution in [0.5, 0.6) is 0 Å². The molecule has 0 fully saturated rings. The van der Waals surface area contributed by atoms with E-state index in [2.05, 4.69) is 9.97 Å². The third kappa shape index (κ3) is 1.87. The maximum Gasteiger partial charge on any atom is 0.171 e. The van der Waals surface area contributed by atoms with Gasteiger partial charge in [-0.3, -0.25) is 0 Å². The molecule has 0 bridgehead atoms.